The first-order valence-corrected chi connectivity index (χ1v) is 8.52. The highest BCUT2D eigenvalue weighted by Crippen LogP contribution is 2.28. The number of nitrogens with zero attached hydrogens (tertiary/aromatic N) is 3. The van der Waals surface area contributed by atoms with Gasteiger partial charge in [-0.05, 0) is 18.1 Å². The van der Waals surface area contributed by atoms with Crippen LogP contribution in [0.2, 0.25) is 5.02 Å². The summed E-state index contributed by atoms with van der Waals surface area (Å²) in [5.74, 6) is 1.63. The number of nitrogens with one attached hydrogen (secondary N) is 1. The van der Waals surface area contributed by atoms with Gasteiger partial charge in [-0.1, -0.05) is 35.5 Å². The van der Waals surface area contributed by atoms with Crippen molar-refractivity contribution in [3.05, 3.63) is 29.3 Å². The third kappa shape index (κ3) is 3.56. The molecule has 1 unspecified atom stereocenters. The fraction of sp³-hybridized carbons (Fsp3) is 0.333. The van der Waals surface area contributed by atoms with Crippen LogP contribution in [0.25, 0.3) is 11.4 Å². The summed E-state index contributed by atoms with van der Waals surface area (Å²) in [5.41, 5.74) is 0.739. The van der Waals surface area contributed by atoms with Gasteiger partial charge >= 0.3 is 0 Å². The van der Waals surface area contributed by atoms with Crippen molar-refractivity contribution in [1.29, 1.82) is 0 Å². The summed E-state index contributed by atoms with van der Waals surface area (Å²) in [4.78, 5) is 29.1. The van der Waals surface area contributed by atoms with E-state index in [1.54, 1.807) is 11.0 Å². The lowest BCUT2D eigenvalue weighted by atomic mass is 10.1. The first-order valence-electron chi connectivity index (χ1n) is 7.15. The van der Waals surface area contributed by atoms with E-state index in [2.05, 4.69) is 15.2 Å². The van der Waals surface area contributed by atoms with Gasteiger partial charge in [0.25, 0.3) is 5.95 Å². The molecule has 1 aromatic heterocycles. The Hall–Kier alpha value is -1.86. The van der Waals surface area contributed by atoms with Gasteiger partial charge in [-0.3, -0.25) is 19.6 Å². The number of rotatable bonds is 4. The highest BCUT2D eigenvalue weighted by Gasteiger charge is 2.33. The van der Waals surface area contributed by atoms with Crippen molar-refractivity contribution in [2.45, 2.75) is 13.3 Å². The molecule has 1 aliphatic rings. The Labute approximate surface area is 142 Å². The molecule has 2 aromatic rings. The Morgan fingerprint density at radius 1 is 1.48 bits per heavy atom. The van der Waals surface area contributed by atoms with Gasteiger partial charge in [0.1, 0.15) is 0 Å². The van der Waals surface area contributed by atoms with E-state index in [-0.39, 0.29) is 16.9 Å². The van der Waals surface area contributed by atoms with Crippen molar-refractivity contribution < 1.29 is 9.59 Å². The van der Waals surface area contributed by atoms with Crippen LogP contribution < -0.4 is 4.90 Å². The predicted octanol–water partition coefficient (Wildman–Crippen LogP) is 2.76. The largest absolute Gasteiger partial charge is 0.288 e. The number of halogens is 1. The van der Waals surface area contributed by atoms with E-state index in [1.165, 1.54) is 18.7 Å². The Balaban J connectivity index is 1.74. The SMILES string of the molecule is CC(=O)SCC1CC(=O)N(c2n[nH]c(-c3ccccc3Cl)n2)C1. The Morgan fingerprint density at radius 3 is 3.00 bits per heavy atom. The monoisotopic (exact) mass is 350 g/mol. The van der Waals surface area contributed by atoms with Gasteiger partial charge < -0.3 is 0 Å². The lowest BCUT2D eigenvalue weighted by Crippen LogP contribution is -2.26. The van der Waals surface area contributed by atoms with E-state index in [1.807, 2.05) is 18.2 Å². The highest BCUT2D eigenvalue weighted by atomic mass is 35.5. The third-order valence-corrected chi connectivity index (χ3v) is 4.95. The highest BCUT2D eigenvalue weighted by molar-refractivity contribution is 8.13. The van der Waals surface area contributed by atoms with E-state index < -0.39 is 0 Å². The van der Waals surface area contributed by atoms with Crippen molar-refractivity contribution in [2.75, 3.05) is 17.2 Å². The molecule has 1 N–H and O–H groups in total. The van der Waals surface area contributed by atoms with Crippen LogP contribution in [0.3, 0.4) is 0 Å². The normalized spacial score (nSPS) is 17.7. The molecule has 0 bridgehead atoms. The molecular weight excluding hydrogens is 336 g/mol. The Morgan fingerprint density at radius 2 is 2.26 bits per heavy atom. The van der Waals surface area contributed by atoms with Crippen LogP contribution in [-0.2, 0) is 9.59 Å². The number of benzene rings is 1. The number of hydrogen-bond donors (Lipinski definition) is 1. The Kier molecular flexibility index (Phi) is 4.68. The zero-order valence-electron chi connectivity index (χ0n) is 12.5. The number of amides is 1. The molecule has 1 aromatic carbocycles. The molecule has 120 valence electrons. The van der Waals surface area contributed by atoms with Crippen LogP contribution >= 0.6 is 23.4 Å². The van der Waals surface area contributed by atoms with E-state index in [4.69, 9.17) is 11.6 Å². The number of carbonyl (C=O) groups excluding carboxylic acids is 2. The second kappa shape index (κ2) is 6.72. The molecule has 8 heteroatoms. The lowest BCUT2D eigenvalue weighted by molar-refractivity contribution is -0.117. The van der Waals surface area contributed by atoms with Crippen molar-refractivity contribution >= 4 is 40.3 Å². The molecule has 1 saturated heterocycles. The average molecular weight is 351 g/mol. The average Bonchev–Trinajstić information content (AvgIpc) is 3.12. The number of thioether (sulfide) groups is 1. The minimum absolute atomic E-state index is 0.0242. The molecule has 3 rings (SSSR count). The standard InChI is InChI=1S/C15H15ClN4O2S/c1-9(21)23-8-10-6-13(22)20(7-10)15-17-14(18-19-15)11-4-2-3-5-12(11)16/h2-5,10H,6-8H2,1H3,(H,17,18,19). The summed E-state index contributed by atoms with van der Waals surface area (Å²) in [5, 5.41) is 7.59. The van der Waals surface area contributed by atoms with Crippen LogP contribution in [0, 0.1) is 5.92 Å². The maximum absolute atomic E-state index is 12.2. The first-order chi connectivity index (χ1) is 11.0. The maximum Gasteiger partial charge on any atom is 0.251 e. The molecule has 1 fully saturated rings. The third-order valence-electron chi connectivity index (χ3n) is 3.57. The zero-order valence-corrected chi connectivity index (χ0v) is 14.0. The lowest BCUT2D eigenvalue weighted by Gasteiger charge is -2.11. The molecule has 2 heterocycles. The smallest absolute Gasteiger partial charge is 0.251 e. The molecule has 1 atom stereocenters. The summed E-state index contributed by atoms with van der Waals surface area (Å²) in [6, 6.07) is 7.31. The topological polar surface area (TPSA) is 79.0 Å². The second-order valence-electron chi connectivity index (χ2n) is 5.34. The molecule has 6 nitrogen and oxygen atoms in total. The minimum atomic E-state index is -0.0242. The first kappa shape index (κ1) is 16.0. The van der Waals surface area contributed by atoms with E-state index >= 15 is 0 Å². The fourth-order valence-electron chi connectivity index (χ4n) is 2.47. The van der Waals surface area contributed by atoms with Gasteiger partial charge in [0.2, 0.25) is 5.91 Å². The predicted molar refractivity (Wildman–Crippen MR) is 90.4 cm³/mol. The van der Waals surface area contributed by atoms with Gasteiger partial charge in [-0.2, -0.15) is 4.98 Å². The molecule has 1 aliphatic heterocycles. The molecule has 0 saturated carbocycles. The molecule has 23 heavy (non-hydrogen) atoms. The zero-order chi connectivity index (χ0) is 16.4. The van der Waals surface area contributed by atoms with Gasteiger partial charge in [-0.15, -0.1) is 5.10 Å². The number of aromatic amines is 1. The van der Waals surface area contributed by atoms with Crippen LogP contribution in [0.4, 0.5) is 5.95 Å². The van der Waals surface area contributed by atoms with Gasteiger partial charge in [0.05, 0.1) is 5.02 Å². The number of H-pyrrole nitrogens is 1. The van der Waals surface area contributed by atoms with Crippen LogP contribution in [0.1, 0.15) is 13.3 Å². The maximum atomic E-state index is 12.2. The summed E-state index contributed by atoms with van der Waals surface area (Å²) >= 11 is 7.40. The second-order valence-corrected chi connectivity index (χ2v) is 6.95. The fourth-order valence-corrected chi connectivity index (χ4v) is 3.39. The molecule has 0 aliphatic carbocycles. The molecule has 0 spiro atoms. The number of anilines is 1. The number of carbonyl (C=O) groups is 2. The van der Waals surface area contributed by atoms with Crippen molar-refractivity contribution in [3.8, 4) is 11.4 Å². The van der Waals surface area contributed by atoms with Crippen LogP contribution in [0.5, 0.6) is 0 Å². The van der Waals surface area contributed by atoms with E-state index in [9.17, 15) is 9.59 Å². The van der Waals surface area contributed by atoms with E-state index in [0.29, 0.717) is 35.5 Å². The summed E-state index contributed by atoms with van der Waals surface area (Å²) in [7, 11) is 0. The van der Waals surface area contributed by atoms with Crippen molar-refractivity contribution in [3.63, 3.8) is 0 Å². The Bertz CT molecular complexity index is 749. The van der Waals surface area contributed by atoms with Crippen LogP contribution in [0.15, 0.2) is 24.3 Å². The summed E-state index contributed by atoms with van der Waals surface area (Å²) < 4.78 is 0. The quantitative estimate of drug-likeness (QED) is 0.917. The minimum Gasteiger partial charge on any atom is -0.288 e. The van der Waals surface area contributed by atoms with Gasteiger partial charge in [0.15, 0.2) is 10.9 Å². The molecule has 1 amide bonds. The van der Waals surface area contributed by atoms with E-state index in [0.717, 1.165) is 5.56 Å². The van der Waals surface area contributed by atoms with Gasteiger partial charge in [-0.25, -0.2) is 0 Å². The summed E-state index contributed by atoms with van der Waals surface area (Å²) in [6.45, 7) is 2.06. The van der Waals surface area contributed by atoms with Crippen molar-refractivity contribution in [2.24, 2.45) is 5.92 Å². The van der Waals surface area contributed by atoms with Gasteiger partial charge in [0, 0.05) is 31.2 Å². The summed E-state index contributed by atoms with van der Waals surface area (Å²) in [6.07, 6.45) is 0.413. The molecule has 0 radical (unpaired) electrons. The van der Waals surface area contributed by atoms with Crippen LogP contribution in [-0.4, -0.2) is 38.5 Å². The van der Waals surface area contributed by atoms with Crippen molar-refractivity contribution in [1.82, 2.24) is 15.2 Å². The molecular formula is C15H15ClN4O2S. The number of hydrogen-bond acceptors (Lipinski definition) is 5. The number of aromatic nitrogens is 3.